The van der Waals surface area contributed by atoms with Crippen LogP contribution >= 0.6 is 0 Å². The molecule has 546 valence electrons. The average molecular weight is 1420 g/mol. The number of amides is 5. The molecule has 101 heavy (non-hydrogen) atoms. The summed E-state index contributed by atoms with van der Waals surface area (Å²) >= 11 is 0. The second-order valence-electron chi connectivity index (χ2n) is 24.1. The zero-order chi connectivity index (χ0) is 73.7. The monoisotopic (exact) mass is 1420 g/mol. The van der Waals surface area contributed by atoms with E-state index in [1.54, 1.807) is 23.2 Å². The largest absolute Gasteiger partial charge is 0.493 e. The highest BCUT2D eigenvalue weighted by molar-refractivity contribution is 6.07. The summed E-state index contributed by atoms with van der Waals surface area (Å²) in [7, 11) is 6.53. The van der Waals surface area contributed by atoms with Gasteiger partial charge in [-0.15, -0.1) is 0 Å². The molecule has 3 aromatic heterocycles. The van der Waals surface area contributed by atoms with Crippen molar-refractivity contribution in [3.63, 3.8) is 0 Å². The summed E-state index contributed by atoms with van der Waals surface area (Å²) < 4.78 is 72.6. The van der Waals surface area contributed by atoms with E-state index in [1.165, 1.54) is 37.2 Å². The van der Waals surface area contributed by atoms with Crippen LogP contribution in [0.2, 0.25) is 0 Å². The molecule has 0 aliphatic carbocycles. The molecule has 36 heteroatoms. The topological polar surface area (TPSA) is 427 Å². The Hall–Kier alpha value is -10.8. The summed E-state index contributed by atoms with van der Waals surface area (Å²) in [5, 5.41) is 10.8. The van der Waals surface area contributed by atoms with E-state index in [-0.39, 0.29) is 66.7 Å². The maximum absolute atomic E-state index is 15.4. The number of nitrogens with zero attached hydrogens (tertiary/aromatic N) is 7. The minimum atomic E-state index is -1.84. The molecule has 7 heterocycles. The number of esters is 8. The fourth-order valence-corrected chi connectivity index (χ4v) is 11.8. The molecule has 4 aromatic rings. The van der Waals surface area contributed by atoms with Crippen molar-refractivity contribution in [2.45, 2.75) is 155 Å². The number of rotatable bonds is 28. The summed E-state index contributed by atoms with van der Waals surface area (Å²) in [5.41, 5.74) is -0.418. The first-order chi connectivity index (χ1) is 47.9. The van der Waals surface area contributed by atoms with Gasteiger partial charge in [-0.1, -0.05) is 0 Å². The van der Waals surface area contributed by atoms with Crippen molar-refractivity contribution in [3.8, 4) is 11.5 Å². The van der Waals surface area contributed by atoms with Gasteiger partial charge in [0.2, 0.25) is 11.7 Å². The minimum Gasteiger partial charge on any atom is -0.493 e. The van der Waals surface area contributed by atoms with Crippen molar-refractivity contribution in [1.82, 2.24) is 33.8 Å². The number of anilines is 3. The second kappa shape index (κ2) is 33.9. The number of hydrogen-bond donors (Lipinski definition) is 4. The van der Waals surface area contributed by atoms with Gasteiger partial charge in [-0.3, -0.25) is 67.3 Å². The van der Waals surface area contributed by atoms with Gasteiger partial charge in [-0.05, 0) is 64.5 Å². The lowest BCUT2D eigenvalue weighted by atomic mass is 9.97. The van der Waals surface area contributed by atoms with Gasteiger partial charge >= 0.3 is 47.8 Å². The van der Waals surface area contributed by atoms with E-state index in [0.29, 0.717) is 42.3 Å². The highest BCUT2D eigenvalue weighted by Gasteiger charge is 2.55. The van der Waals surface area contributed by atoms with E-state index < -0.39 is 152 Å². The van der Waals surface area contributed by atoms with Crippen LogP contribution in [0.5, 0.6) is 11.5 Å². The van der Waals surface area contributed by atoms with Crippen LogP contribution in [0, 0.1) is 0 Å². The summed E-state index contributed by atoms with van der Waals surface area (Å²) in [5.74, 6) is -10.7. The number of benzene rings is 1. The Kier molecular flexibility index (Phi) is 25.5. The molecule has 1 aromatic carbocycles. The Bertz CT molecular complexity index is 3860. The van der Waals surface area contributed by atoms with E-state index in [2.05, 4.69) is 31.2 Å². The number of carbonyl (C=O) groups excluding carboxylic acids is 13. The van der Waals surface area contributed by atoms with E-state index in [4.69, 9.17) is 56.8 Å². The molecule has 4 N–H and O–H groups in total. The van der Waals surface area contributed by atoms with Gasteiger partial charge in [-0.25, -0.2) is 4.98 Å². The predicted molar refractivity (Wildman–Crippen MR) is 346 cm³/mol. The number of imidazole rings is 1. The van der Waals surface area contributed by atoms with Crippen LogP contribution in [0.1, 0.15) is 142 Å². The first-order valence-electron chi connectivity index (χ1n) is 32.0. The lowest BCUT2D eigenvalue weighted by molar-refractivity contribution is -0.268. The van der Waals surface area contributed by atoms with Gasteiger partial charge in [0.15, 0.2) is 66.4 Å². The molecule has 0 radical (unpaired) electrons. The maximum Gasteiger partial charge on any atom is 0.303 e. The molecule has 11 atom stereocenters. The number of aromatic nitrogens is 4. The van der Waals surface area contributed by atoms with Crippen LogP contribution in [-0.4, -0.2) is 228 Å². The first kappa shape index (κ1) is 76.0. The van der Waals surface area contributed by atoms with Crippen molar-refractivity contribution in [3.05, 3.63) is 65.6 Å². The smallest absolute Gasteiger partial charge is 0.303 e. The number of carbonyl (C=O) groups is 13. The Labute approximate surface area is 578 Å². The molecular weight excluding hydrogens is 1330 g/mol. The summed E-state index contributed by atoms with van der Waals surface area (Å²) in [6.45, 7) is 8.15. The van der Waals surface area contributed by atoms with Gasteiger partial charge in [-0.2, -0.15) is 0 Å². The summed E-state index contributed by atoms with van der Waals surface area (Å²) in [6.07, 6.45) is -9.37. The number of fused-ring (bicyclic) bond motifs is 2. The number of nitrogens with one attached hydrogen (secondary N) is 4. The molecule has 4 aliphatic heterocycles. The lowest BCUT2D eigenvalue weighted by Gasteiger charge is -2.45. The van der Waals surface area contributed by atoms with Crippen molar-refractivity contribution in [2.24, 2.45) is 12.0 Å². The Morgan fingerprint density at radius 2 is 1.10 bits per heavy atom. The van der Waals surface area contributed by atoms with E-state index >= 15 is 4.79 Å². The number of hydrogen-bond acceptors (Lipinski definition) is 28. The Morgan fingerprint density at radius 1 is 0.594 bits per heavy atom. The molecular formula is C65H81N11O25. The van der Waals surface area contributed by atoms with E-state index in [0.717, 1.165) is 89.6 Å². The van der Waals surface area contributed by atoms with Crippen LogP contribution in [0.4, 0.5) is 22.9 Å². The molecule has 36 nitrogen and oxygen atoms in total. The summed E-state index contributed by atoms with van der Waals surface area (Å²) in [6, 6.07) is 5.39. The van der Waals surface area contributed by atoms with Crippen molar-refractivity contribution in [2.75, 3.05) is 76.6 Å². The number of ether oxygens (including phenoxy) is 12. The fraction of sp³-hybridized carbons (Fsp3) is 0.523. The Morgan fingerprint density at radius 3 is 1.60 bits per heavy atom. The van der Waals surface area contributed by atoms with Crippen molar-refractivity contribution < 1.29 is 119 Å². The minimum absolute atomic E-state index is 0.0402. The number of methoxy groups -OCH3 is 1. The highest BCUT2D eigenvalue weighted by atomic mass is 16.7. The zero-order valence-corrected chi connectivity index (χ0v) is 57.6. The van der Waals surface area contributed by atoms with Crippen LogP contribution in [0.25, 0.3) is 0 Å². The molecule has 8 rings (SSSR count). The quantitative estimate of drug-likeness (QED) is 0.0361. The molecule has 0 bridgehead atoms. The van der Waals surface area contributed by atoms with Crippen LogP contribution < -0.4 is 30.7 Å². The Balaban J connectivity index is 1.14. The second-order valence-corrected chi connectivity index (χ2v) is 24.1. The van der Waals surface area contributed by atoms with Crippen molar-refractivity contribution >= 4 is 106 Å². The number of aliphatic imine (C=N–C) groups is 1. The molecule has 4 aliphatic rings. The van der Waals surface area contributed by atoms with E-state index in [1.807, 2.05) is 19.0 Å². The highest BCUT2D eigenvalue weighted by Crippen LogP contribution is 2.41. The van der Waals surface area contributed by atoms with Gasteiger partial charge < -0.3 is 102 Å². The van der Waals surface area contributed by atoms with Crippen LogP contribution in [-0.2, 0) is 97.6 Å². The third kappa shape index (κ3) is 19.6. The lowest BCUT2D eigenvalue weighted by Crippen LogP contribution is -2.60. The summed E-state index contributed by atoms with van der Waals surface area (Å²) in [4.78, 5) is 186. The van der Waals surface area contributed by atoms with Gasteiger partial charge in [0, 0.05) is 113 Å². The standard InChI is InChI=1S/C65H81N11O25/c1-32(77)92-30-49-53(94-34(3)79)55(96-36(5)81)57(98-38(7)83)64(100-49)75-27-40(22-45(75)60(86)66-18-15-19-72(9)10)68-61(87)46-23-41(28-76(46)65-58(99-39(8)84)56(97-37(6)82)54(95-35(4)80)50(101-65)31-93-33(2)78)69-62(88)59-71-51(29-73(59)11)70-52(85)17-14-21-91-48-25-44-43(24-47(48)90-12)63(89)74-20-13-16-42(74)26-67-44/h22-29,42,49-50,53-58,64-65H,13-21,30-31H2,1-12H3,(H,66,86)(H,68,87)(H,69,88)(H,70,85)/t42-,49-,50-,53-,54-,55-,56-,57-,58-,64+,65+/m1/s1. The molecule has 0 saturated carbocycles. The molecule has 3 saturated heterocycles. The number of aryl methyl sites for hydroxylation is 1. The first-order valence-corrected chi connectivity index (χ1v) is 32.0. The van der Waals surface area contributed by atoms with Crippen LogP contribution in [0.3, 0.4) is 0 Å². The molecule has 0 spiro atoms. The van der Waals surface area contributed by atoms with Crippen molar-refractivity contribution in [1.29, 1.82) is 0 Å². The van der Waals surface area contributed by atoms with E-state index in [9.17, 15) is 57.5 Å². The average Bonchev–Trinajstić information content (AvgIpc) is 1.67. The zero-order valence-electron chi connectivity index (χ0n) is 57.6. The van der Waals surface area contributed by atoms with Crippen LogP contribution in [0.15, 0.2) is 47.8 Å². The van der Waals surface area contributed by atoms with Gasteiger partial charge in [0.25, 0.3) is 23.6 Å². The molecule has 5 amide bonds. The fourth-order valence-electron chi connectivity index (χ4n) is 11.8. The van der Waals surface area contributed by atoms with Gasteiger partial charge in [0.05, 0.1) is 42.4 Å². The third-order valence-corrected chi connectivity index (χ3v) is 15.8. The normalized spacial score (nSPS) is 22.0. The molecule has 0 unspecified atom stereocenters. The van der Waals surface area contributed by atoms with Gasteiger partial charge in [0.1, 0.15) is 36.8 Å². The maximum atomic E-state index is 15.4. The third-order valence-electron chi connectivity index (χ3n) is 15.8. The molecule has 3 fully saturated rings. The SMILES string of the molecule is COc1cc2c(cc1OCCCC(=O)Nc1cn(C)c(C(=O)Nc3cc(C(=O)Nc4cc(C(=O)NCCCN(C)C)n([C@H]5O[C@H](COC(C)=O)[C@@H](OC(C)=O)[C@@H](OC(C)=O)[C@H]5OC(C)=O)c4)n([C@H]4O[C@H](COC(C)=O)[C@@H](OC(C)=O)[C@@H](OC(C)=O)[C@H]4OC(C)=O)c3)n1)N=C[C@H]1CCCN1C2=O. The predicted octanol–water partition coefficient (Wildman–Crippen LogP) is 2.85.